The van der Waals surface area contributed by atoms with Gasteiger partial charge in [0.05, 0.1) is 11.4 Å². The lowest BCUT2D eigenvalue weighted by molar-refractivity contribution is 1.32. The van der Waals surface area contributed by atoms with Crippen molar-refractivity contribution in [1.29, 1.82) is 0 Å². The molecule has 0 fully saturated rings. The van der Waals surface area contributed by atoms with Gasteiger partial charge >= 0.3 is 0 Å². The molecule has 4 heteroatoms. The standard InChI is InChI=1S/C15H16ClN3/c1-11(14-5-3-4-6-15(14)17-2)18-19-13-9-7-12(16)8-10-13/h3-10,17,19H,1-2H3/b18-11+. The van der Waals surface area contributed by atoms with Crippen molar-refractivity contribution < 1.29 is 0 Å². The lowest BCUT2D eigenvalue weighted by Gasteiger charge is -2.09. The Labute approximate surface area is 118 Å². The summed E-state index contributed by atoms with van der Waals surface area (Å²) in [6.45, 7) is 1.97. The van der Waals surface area contributed by atoms with Gasteiger partial charge in [0.2, 0.25) is 0 Å². The monoisotopic (exact) mass is 273 g/mol. The van der Waals surface area contributed by atoms with Crippen LogP contribution in [-0.4, -0.2) is 12.8 Å². The maximum Gasteiger partial charge on any atom is 0.0669 e. The predicted octanol–water partition coefficient (Wildman–Crippen LogP) is 4.22. The zero-order valence-electron chi connectivity index (χ0n) is 10.9. The molecule has 0 aliphatic rings. The molecule has 0 saturated carbocycles. The first-order valence-electron chi connectivity index (χ1n) is 6.03. The van der Waals surface area contributed by atoms with E-state index in [1.807, 2.05) is 62.5 Å². The summed E-state index contributed by atoms with van der Waals surface area (Å²) in [4.78, 5) is 0. The van der Waals surface area contributed by atoms with E-state index in [9.17, 15) is 0 Å². The van der Waals surface area contributed by atoms with Crippen molar-refractivity contribution >= 4 is 28.7 Å². The Kier molecular flexibility index (Phi) is 4.42. The van der Waals surface area contributed by atoms with E-state index in [4.69, 9.17) is 11.6 Å². The second-order valence-corrected chi connectivity index (χ2v) is 4.55. The topological polar surface area (TPSA) is 36.4 Å². The zero-order chi connectivity index (χ0) is 13.7. The minimum atomic E-state index is 0.715. The van der Waals surface area contributed by atoms with E-state index in [1.165, 1.54) is 0 Å². The molecule has 19 heavy (non-hydrogen) atoms. The van der Waals surface area contributed by atoms with Gasteiger partial charge in [-0.3, -0.25) is 5.43 Å². The summed E-state index contributed by atoms with van der Waals surface area (Å²) < 4.78 is 0. The Morgan fingerprint density at radius 3 is 2.42 bits per heavy atom. The minimum absolute atomic E-state index is 0.715. The molecule has 0 unspecified atom stereocenters. The molecule has 0 spiro atoms. The average molecular weight is 274 g/mol. The summed E-state index contributed by atoms with van der Waals surface area (Å²) in [6, 6.07) is 15.5. The van der Waals surface area contributed by atoms with E-state index in [-0.39, 0.29) is 0 Å². The summed E-state index contributed by atoms with van der Waals surface area (Å²) >= 11 is 5.84. The van der Waals surface area contributed by atoms with Gasteiger partial charge < -0.3 is 5.32 Å². The van der Waals surface area contributed by atoms with Crippen molar-refractivity contribution in [3.05, 3.63) is 59.1 Å². The van der Waals surface area contributed by atoms with Gasteiger partial charge in [-0.25, -0.2) is 0 Å². The van der Waals surface area contributed by atoms with Crippen molar-refractivity contribution in [1.82, 2.24) is 0 Å². The van der Waals surface area contributed by atoms with E-state index < -0.39 is 0 Å². The largest absolute Gasteiger partial charge is 0.388 e. The number of hydrogen-bond donors (Lipinski definition) is 2. The molecule has 0 amide bonds. The Hall–Kier alpha value is -2.00. The first-order valence-corrected chi connectivity index (χ1v) is 6.41. The summed E-state index contributed by atoms with van der Waals surface area (Å²) in [5.41, 5.74) is 6.98. The van der Waals surface area contributed by atoms with Gasteiger partial charge in [0.1, 0.15) is 0 Å². The lowest BCUT2D eigenvalue weighted by Crippen LogP contribution is -2.03. The molecule has 0 aliphatic carbocycles. The maximum atomic E-state index is 5.84. The number of para-hydroxylation sites is 1. The summed E-state index contributed by atoms with van der Waals surface area (Å²) in [7, 11) is 1.90. The van der Waals surface area contributed by atoms with Crippen LogP contribution in [-0.2, 0) is 0 Å². The molecule has 2 aromatic rings. The van der Waals surface area contributed by atoms with Crippen LogP contribution in [0.5, 0.6) is 0 Å². The number of halogens is 1. The van der Waals surface area contributed by atoms with Crippen molar-refractivity contribution in [3.63, 3.8) is 0 Å². The zero-order valence-corrected chi connectivity index (χ0v) is 11.7. The highest BCUT2D eigenvalue weighted by molar-refractivity contribution is 6.30. The van der Waals surface area contributed by atoms with E-state index in [0.29, 0.717) is 5.02 Å². The van der Waals surface area contributed by atoms with Crippen LogP contribution < -0.4 is 10.7 Å². The fraction of sp³-hybridized carbons (Fsp3) is 0.133. The average Bonchev–Trinajstić information content (AvgIpc) is 2.46. The number of anilines is 2. The molecule has 0 atom stereocenters. The third kappa shape index (κ3) is 3.48. The molecule has 0 aromatic heterocycles. The first kappa shape index (κ1) is 13.4. The second-order valence-electron chi connectivity index (χ2n) is 4.11. The number of nitrogens with zero attached hydrogens (tertiary/aromatic N) is 1. The molecule has 0 radical (unpaired) electrons. The van der Waals surface area contributed by atoms with Crippen molar-refractivity contribution in [2.75, 3.05) is 17.8 Å². The van der Waals surface area contributed by atoms with E-state index in [0.717, 1.165) is 22.6 Å². The van der Waals surface area contributed by atoms with E-state index in [1.54, 1.807) is 0 Å². The number of hydrazone groups is 1. The van der Waals surface area contributed by atoms with E-state index >= 15 is 0 Å². The van der Waals surface area contributed by atoms with Crippen LogP contribution in [0.2, 0.25) is 5.02 Å². The molecule has 0 heterocycles. The number of rotatable bonds is 4. The molecule has 3 nitrogen and oxygen atoms in total. The molecule has 2 N–H and O–H groups in total. The fourth-order valence-corrected chi connectivity index (χ4v) is 1.88. The van der Waals surface area contributed by atoms with Crippen LogP contribution in [0.25, 0.3) is 0 Å². The Morgan fingerprint density at radius 2 is 1.74 bits per heavy atom. The van der Waals surface area contributed by atoms with Crippen LogP contribution in [0, 0.1) is 0 Å². The Balaban J connectivity index is 2.16. The minimum Gasteiger partial charge on any atom is -0.388 e. The highest BCUT2D eigenvalue weighted by atomic mass is 35.5. The smallest absolute Gasteiger partial charge is 0.0669 e. The number of nitrogens with one attached hydrogen (secondary N) is 2. The van der Waals surface area contributed by atoms with Crippen LogP contribution in [0.15, 0.2) is 53.6 Å². The highest BCUT2D eigenvalue weighted by Crippen LogP contribution is 2.16. The summed E-state index contributed by atoms with van der Waals surface area (Å²) in [6.07, 6.45) is 0. The fourth-order valence-electron chi connectivity index (χ4n) is 1.75. The van der Waals surface area contributed by atoms with Gasteiger partial charge in [0.25, 0.3) is 0 Å². The van der Waals surface area contributed by atoms with E-state index in [2.05, 4.69) is 15.8 Å². The first-order chi connectivity index (χ1) is 9.20. The summed E-state index contributed by atoms with van der Waals surface area (Å²) in [5, 5.41) is 8.26. The quantitative estimate of drug-likeness (QED) is 0.646. The second kappa shape index (κ2) is 6.25. The normalized spacial score (nSPS) is 11.2. The third-order valence-electron chi connectivity index (χ3n) is 2.78. The van der Waals surface area contributed by atoms with Crippen LogP contribution >= 0.6 is 11.6 Å². The van der Waals surface area contributed by atoms with Crippen LogP contribution in [0.1, 0.15) is 12.5 Å². The predicted molar refractivity (Wildman–Crippen MR) is 83.3 cm³/mol. The van der Waals surface area contributed by atoms with Gasteiger partial charge in [0, 0.05) is 23.3 Å². The molecular weight excluding hydrogens is 258 g/mol. The van der Waals surface area contributed by atoms with Gasteiger partial charge in [-0.15, -0.1) is 0 Å². The SMILES string of the molecule is CNc1ccccc1/C(C)=N/Nc1ccc(Cl)cc1. The van der Waals surface area contributed by atoms with Gasteiger partial charge in [0.15, 0.2) is 0 Å². The van der Waals surface area contributed by atoms with Crippen molar-refractivity contribution in [2.24, 2.45) is 5.10 Å². The Morgan fingerprint density at radius 1 is 1.05 bits per heavy atom. The molecule has 98 valence electrons. The van der Waals surface area contributed by atoms with Gasteiger partial charge in [-0.1, -0.05) is 29.8 Å². The molecule has 2 rings (SSSR count). The molecule has 2 aromatic carbocycles. The van der Waals surface area contributed by atoms with Gasteiger partial charge in [-0.2, -0.15) is 5.10 Å². The number of hydrogen-bond acceptors (Lipinski definition) is 3. The Bertz CT molecular complexity index is 576. The van der Waals surface area contributed by atoms with Crippen LogP contribution in [0.4, 0.5) is 11.4 Å². The highest BCUT2D eigenvalue weighted by Gasteiger charge is 2.02. The lowest BCUT2D eigenvalue weighted by atomic mass is 10.1. The molecule has 0 aliphatic heterocycles. The molecule has 0 bridgehead atoms. The van der Waals surface area contributed by atoms with Crippen molar-refractivity contribution in [2.45, 2.75) is 6.92 Å². The summed E-state index contributed by atoms with van der Waals surface area (Å²) in [5.74, 6) is 0. The number of benzene rings is 2. The maximum absolute atomic E-state index is 5.84. The molecule has 0 saturated heterocycles. The van der Waals surface area contributed by atoms with Crippen LogP contribution in [0.3, 0.4) is 0 Å². The molecular formula is C15H16ClN3. The van der Waals surface area contributed by atoms with Crippen molar-refractivity contribution in [3.8, 4) is 0 Å². The third-order valence-corrected chi connectivity index (χ3v) is 3.04. The van der Waals surface area contributed by atoms with Gasteiger partial charge in [-0.05, 0) is 37.3 Å².